The molecule has 2 heterocycles. The molecule has 16 heavy (non-hydrogen) atoms. The van der Waals surface area contributed by atoms with Gasteiger partial charge in [0.25, 0.3) is 0 Å². The van der Waals surface area contributed by atoms with E-state index in [-0.39, 0.29) is 5.91 Å². The molecule has 0 spiro atoms. The zero-order valence-corrected chi connectivity index (χ0v) is 10.6. The molecule has 1 N–H and O–H groups in total. The maximum absolute atomic E-state index is 11.0. The Morgan fingerprint density at radius 1 is 1.62 bits per heavy atom. The Morgan fingerprint density at radius 2 is 2.38 bits per heavy atom. The fourth-order valence-electron chi connectivity index (χ4n) is 1.91. The van der Waals surface area contributed by atoms with Crippen LogP contribution in [0, 0.1) is 5.92 Å². The van der Waals surface area contributed by atoms with E-state index in [9.17, 15) is 4.79 Å². The summed E-state index contributed by atoms with van der Waals surface area (Å²) in [4.78, 5) is 16.4. The molecule has 0 aromatic carbocycles. The van der Waals surface area contributed by atoms with Crippen LogP contribution < -0.4 is 10.1 Å². The monoisotopic (exact) mass is 240 g/mol. The molecule has 0 radical (unpaired) electrons. The van der Waals surface area contributed by atoms with Crippen LogP contribution in [0.3, 0.4) is 0 Å². The van der Waals surface area contributed by atoms with Crippen molar-refractivity contribution in [2.45, 2.75) is 33.1 Å². The summed E-state index contributed by atoms with van der Waals surface area (Å²) in [6, 6.07) is 0. The van der Waals surface area contributed by atoms with Crippen molar-refractivity contribution in [3.63, 3.8) is 0 Å². The Balaban J connectivity index is 2.27. The summed E-state index contributed by atoms with van der Waals surface area (Å²) in [6.07, 6.45) is 1.03. The zero-order chi connectivity index (χ0) is 11.7. The minimum Gasteiger partial charge on any atom is -0.477 e. The number of carbonyl (C=O) groups excluding carboxylic acids is 1. The molecule has 1 aromatic heterocycles. The summed E-state index contributed by atoms with van der Waals surface area (Å²) in [7, 11) is 0. The number of carbonyl (C=O) groups is 1. The molecule has 2 rings (SSSR count). The van der Waals surface area contributed by atoms with Crippen LogP contribution in [0.5, 0.6) is 5.88 Å². The van der Waals surface area contributed by atoms with Crippen LogP contribution >= 0.6 is 11.3 Å². The largest absolute Gasteiger partial charge is 0.477 e. The number of nitrogens with zero attached hydrogens (tertiary/aromatic N) is 1. The minimum atomic E-state index is -0.0906. The fraction of sp³-hybridized carbons (Fsp3) is 0.636. The minimum absolute atomic E-state index is 0.0906. The molecule has 0 bridgehead atoms. The smallest absolute Gasteiger partial charge is 0.229 e. The number of aromatic nitrogens is 1. The van der Waals surface area contributed by atoms with Crippen molar-refractivity contribution in [3.8, 4) is 5.88 Å². The van der Waals surface area contributed by atoms with Gasteiger partial charge in [0.15, 0.2) is 5.13 Å². The van der Waals surface area contributed by atoms with E-state index in [1.165, 1.54) is 23.1 Å². The maximum Gasteiger partial charge on any atom is 0.229 e. The highest BCUT2D eigenvalue weighted by atomic mass is 32.1. The molecule has 1 amide bonds. The van der Waals surface area contributed by atoms with E-state index in [2.05, 4.69) is 24.1 Å². The van der Waals surface area contributed by atoms with E-state index in [0.29, 0.717) is 22.8 Å². The summed E-state index contributed by atoms with van der Waals surface area (Å²) in [5.41, 5.74) is 0. The third kappa shape index (κ3) is 2.19. The average molecular weight is 240 g/mol. The van der Waals surface area contributed by atoms with Crippen LogP contribution in [0.25, 0.3) is 0 Å². The number of anilines is 1. The number of rotatable bonds is 2. The normalized spacial score (nSPS) is 19.1. The number of thiazole rings is 1. The second-order valence-electron chi connectivity index (χ2n) is 4.36. The highest BCUT2D eigenvalue weighted by Gasteiger charge is 2.28. The van der Waals surface area contributed by atoms with Crippen LogP contribution in [0.4, 0.5) is 5.13 Å². The standard InChI is InChI=1S/C11H16N2O2S/c1-6(2)8-4-5-15-10-9(8)16-11(13-10)12-7(3)14/h6,8H,4-5H2,1-3H3,(H,12,13,14)/t8-/m0/s1. The van der Waals surface area contributed by atoms with Crippen molar-refractivity contribution >= 4 is 22.4 Å². The Hall–Kier alpha value is -1.10. The Morgan fingerprint density at radius 3 is 3.00 bits per heavy atom. The van der Waals surface area contributed by atoms with Gasteiger partial charge in [-0.15, -0.1) is 0 Å². The molecule has 0 unspecified atom stereocenters. The van der Waals surface area contributed by atoms with E-state index in [4.69, 9.17) is 4.74 Å². The van der Waals surface area contributed by atoms with Gasteiger partial charge in [-0.2, -0.15) is 4.98 Å². The fourth-order valence-corrected chi connectivity index (χ4v) is 3.17. The first kappa shape index (κ1) is 11.4. The van der Waals surface area contributed by atoms with Crippen molar-refractivity contribution in [1.82, 2.24) is 4.98 Å². The summed E-state index contributed by atoms with van der Waals surface area (Å²) in [5, 5.41) is 3.35. The predicted octanol–water partition coefficient (Wildman–Crippen LogP) is 2.62. The molecule has 4 nitrogen and oxygen atoms in total. The molecule has 0 aliphatic carbocycles. The highest BCUT2D eigenvalue weighted by molar-refractivity contribution is 7.16. The lowest BCUT2D eigenvalue weighted by molar-refractivity contribution is -0.114. The molecule has 5 heteroatoms. The third-order valence-corrected chi connectivity index (χ3v) is 3.80. The molecular weight excluding hydrogens is 224 g/mol. The van der Waals surface area contributed by atoms with Gasteiger partial charge >= 0.3 is 0 Å². The number of ether oxygens (including phenoxy) is 1. The van der Waals surface area contributed by atoms with E-state index >= 15 is 0 Å². The summed E-state index contributed by atoms with van der Waals surface area (Å²) >= 11 is 1.53. The highest BCUT2D eigenvalue weighted by Crippen LogP contribution is 2.43. The van der Waals surface area contributed by atoms with Gasteiger partial charge in [0.1, 0.15) is 0 Å². The quantitative estimate of drug-likeness (QED) is 0.864. The van der Waals surface area contributed by atoms with E-state index in [1.807, 2.05) is 0 Å². The molecule has 1 atom stereocenters. The second kappa shape index (κ2) is 4.41. The summed E-state index contributed by atoms with van der Waals surface area (Å²) in [5.74, 6) is 1.70. The van der Waals surface area contributed by atoms with Gasteiger partial charge in [0.2, 0.25) is 11.8 Å². The lowest BCUT2D eigenvalue weighted by Gasteiger charge is -2.24. The third-order valence-electron chi connectivity index (χ3n) is 2.71. The molecule has 1 aliphatic heterocycles. The van der Waals surface area contributed by atoms with Gasteiger partial charge in [-0.1, -0.05) is 25.2 Å². The van der Waals surface area contributed by atoms with Gasteiger partial charge in [-0.25, -0.2) is 0 Å². The Kier molecular flexibility index (Phi) is 3.14. The zero-order valence-electron chi connectivity index (χ0n) is 9.74. The van der Waals surface area contributed by atoms with Gasteiger partial charge in [0, 0.05) is 12.8 Å². The van der Waals surface area contributed by atoms with Crippen LogP contribution in [0.1, 0.15) is 38.0 Å². The first-order valence-electron chi connectivity index (χ1n) is 5.49. The van der Waals surface area contributed by atoms with E-state index < -0.39 is 0 Å². The first-order valence-corrected chi connectivity index (χ1v) is 6.30. The van der Waals surface area contributed by atoms with Crippen LogP contribution in [-0.2, 0) is 4.79 Å². The topological polar surface area (TPSA) is 51.2 Å². The van der Waals surface area contributed by atoms with Crippen LogP contribution in [0.2, 0.25) is 0 Å². The van der Waals surface area contributed by atoms with Crippen LogP contribution in [-0.4, -0.2) is 17.5 Å². The number of hydrogen-bond acceptors (Lipinski definition) is 4. The van der Waals surface area contributed by atoms with Crippen molar-refractivity contribution in [2.75, 3.05) is 11.9 Å². The average Bonchev–Trinajstić information content (AvgIpc) is 2.57. The van der Waals surface area contributed by atoms with Gasteiger partial charge in [-0.05, 0) is 12.3 Å². The molecule has 88 valence electrons. The van der Waals surface area contributed by atoms with Gasteiger partial charge in [-0.3, -0.25) is 4.79 Å². The molecule has 0 saturated carbocycles. The predicted molar refractivity (Wildman–Crippen MR) is 64.1 cm³/mol. The van der Waals surface area contributed by atoms with E-state index in [1.54, 1.807) is 0 Å². The van der Waals surface area contributed by atoms with Gasteiger partial charge < -0.3 is 10.1 Å². The second-order valence-corrected chi connectivity index (χ2v) is 5.39. The van der Waals surface area contributed by atoms with Gasteiger partial charge in [0.05, 0.1) is 11.5 Å². The molecular formula is C11H16N2O2S. The molecule has 0 saturated heterocycles. The molecule has 1 aromatic rings. The number of hydrogen-bond donors (Lipinski definition) is 1. The molecule has 1 aliphatic rings. The van der Waals surface area contributed by atoms with Crippen molar-refractivity contribution in [1.29, 1.82) is 0 Å². The van der Waals surface area contributed by atoms with Crippen molar-refractivity contribution in [2.24, 2.45) is 5.92 Å². The van der Waals surface area contributed by atoms with Crippen LogP contribution in [0.15, 0.2) is 0 Å². The van der Waals surface area contributed by atoms with Crippen molar-refractivity contribution in [3.05, 3.63) is 4.88 Å². The summed E-state index contributed by atoms with van der Waals surface area (Å²) < 4.78 is 5.51. The summed E-state index contributed by atoms with van der Waals surface area (Å²) in [6.45, 7) is 6.62. The lowest BCUT2D eigenvalue weighted by atomic mass is 9.90. The Labute approximate surface area is 99.0 Å². The number of amides is 1. The SMILES string of the molecule is CC(=O)Nc1nc2c(s1)[C@H](C(C)C)CCO2. The first-order chi connectivity index (χ1) is 7.58. The molecule has 0 fully saturated rings. The lowest BCUT2D eigenvalue weighted by Crippen LogP contribution is -2.16. The van der Waals surface area contributed by atoms with Crippen molar-refractivity contribution < 1.29 is 9.53 Å². The number of fused-ring (bicyclic) bond motifs is 1. The number of nitrogens with one attached hydrogen (secondary N) is 1. The maximum atomic E-state index is 11.0. The Bertz CT molecular complexity index is 401. The van der Waals surface area contributed by atoms with E-state index in [0.717, 1.165) is 13.0 Å².